The fourth-order valence-corrected chi connectivity index (χ4v) is 6.57. The molecule has 2 nitrogen and oxygen atoms in total. The molecule has 2 atom stereocenters. The number of hydrogen-bond donors (Lipinski definition) is 0. The SMILES string of the molecule is CCOCC(=O)CC12CC3CC(C)(CC(C)(C3)C1)C2. The lowest BCUT2D eigenvalue weighted by molar-refractivity contribution is -0.156. The Morgan fingerprint density at radius 1 is 1.11 bits per heavy atom. The van der Waals surface area contributed by atoms with Crippen molar-refractivity contribution in [3.8, 4) is 0 Å². The van der Waals surface area contributed by atoms with Crippen LogP contribution in [0.25, 0.3) is 0 Å². The fourth-order valence-electron chi connectivity index (χ4n) is 6.57. The first-order chi connectivity index (χ1) is 8.86. The molecule has 0 amide bonds. The van der Waals surface area contributed by atoms with Crippen molar-refractivity contribution in [1.29, 1.82) is 0 Å². The lowest BCUT2D eigenvalue weighted by Crippen LogP contribution is -2.55. The summed E-state index contributed by atoms with van der Waals surface area (Å²) >= 11 is 0. The van der Waals surface area contributed by atoms with Gasteiger partial charge in [-0.2, -0.15) is 0 Å². The van der Waals surface area contributed by atoms with Crippen molar-refractivity contribution in [2.24, 2.45) is 22.2 Å². The van der Waals surface area contributed by atoms with Crippen LogP contribution >= 0.6 is 0 Å². The topological polar surface area (TPSA) is 26.3 Å². The molecule has 4 saturated carbocycles. The average molecular weight is 264 g/mol. The van der Waals surface area contributed by atoms with Crippen LogP contribution in [0.4, 0.5) is 0 Å². The summed E-state index contributed by atoms with van der Waals surface area (Å²) in [6, 6.07) is 0. The van der Waals surface area contributed by atoms with E-state index in [0.717, 1.165) is 12.3 Å². The zero-order valence-electron chi connectivity index (χ0n) is 12.8. The minimum Gasteiger partial charge on any atom is -0.374 e. The molecule has 2 unspecified atom stereocenters. The van der Waals surface area contributed by atoms with Gasteiger partial charge in [0.05, 0.1) is 0 Å². The third-order valence-corrected chi connectivity index (χ3v) is 5.78. The minimum absolute atomic E-state index is 0.317. The van der Waals surface area contributed by atoms with E-state index >= 15 is 0 Å². The van der Waals surface area contributed by atoms with E-state index in [0.29, 0.717) is 35.2 Å². The van der Waals surface area contributed by atoms with E-state index in [2.05, 4.69) is 13.8 Å². The Morgan fingerprint density at radius 3 is 2.26 bits per heavy atom. The maximum absolute atomic E-state index is 12.2. The molecule has 0 aromatic heterocycles. The summed E-state index contributed by atoms with van der Waals surface area (Å²) in [5.41, 5.74) is 1.34. The van der Waals surface area contributed by atoms with Crippen LogP contribution in [0.15, 0.2) is 0 Å². The first kappa shape index (κ1) is 13.6. The van der Waals surface area contributed by atoms with Crippen LogP contribution in [-0.4, -0.2) is 19.0 Å². The summed E-state index contributed by atoms with van der Waals surface area (Å²) in [5, 5.41) is 0. The molecule has 4 aliphatic carbocycles. The highest BCUT2D eigenvalue weighted by Gasteiger charge is 2.60. The van der Waals surface area contributed by atoms with E-state index < -0.39 is 0 Å². The number of ether oxygens (including phenoxy) is 1. The van der Waals surface area contributed by atoms with Crippen molar-refractivity contribution >= 4 is 5.78 Å². The summed E-state index contributed by atoms with van der Waals surface area (Å²) in [6.45, 7) is 7.88. The van der Waals surface area contributed by atoms with E-state index in [1.807, 2.05) is 6.92 Å². The second-order valence-electron chi connectivity index (χ2n) is 8.48. The van der Waals surface area contributed by atoms with E-state index in [4.69, 9.17) is 4.74 Å². The number of rotatable bonds is 5. The van der Waals surface area contributed by atoms with Gasteiger partial charge in [0, 0.05) is 13.0 Å². The van der Waals surface area contributed by atoms with Gasteiger partial charge in [0.1, 0.15) is 6.61 Å². The molecule has 0 radical (unpaired) electrons. The molecular formula is C17H28O2. The Morgan fingerprint density at radius 2 is 1.74 bits per heavy atom. The van der Waals surface area contributed by atoms with Crippen molar-refractivity contribution in [3.63, 3.8) is 0 Å². The van der Waals surface area contributed by atoms with Crippen molar-refractivity contribution in [2.75, 3.05) is 13.2 Å². The molecule has 108 valence electrons. The molecule has 4 bridgehead atoms. The predicted octanol–water partition coefficient (Wildman–Crippen LogP) is 3.98. The van der Waals surface area contributed by atoms with E-state index in [1.54, 1.807) is 0 Å². The molecule has 2 heteroatoms. The van der Waals surface area contributed by atoms with Gasteiger partial charge in [-0.05, 0) is 67.6 Å². The number of Topliss-reactive ketones (excluding diaryl/α,β-unsaturated/α-hetero) is 1. The van der Waals surface area contributed by atoms with Crippen LogP contribution in [0, 0.1) is 22.2 Å². The second-order valence-corrected chi connectivity index (χ2v) is 8.48. The maximum atomic E-state index is 12.2. The van der Waals surface area contributed by atoms with Crippen LogP contribution in [0.1, 0.15) is 65.7 Å². The van der Waals surface area contributed by atoms with Crippen LogP contribution in [0.2, 0.25) is 0 Å². The average Bonchev–Trinajstić information content (AvgIpc) is 2.20. The molecule has 19 heavy (non-hydrogen) atoms. The zero-order chi connectivity index (χ0) is 13.7. The van der Waals surface area contributed by atoms with Crippen molar-refractivity contribution in [1.82, 2.24) is 0 Å². The van der Waals surface area contributed by atoms with E-state index in [9.17, 15) is 4.79 Å². The summed E-state index contributed by atoms with van der Waals surface area (Å²) in [4.78, 5) is 12.2. The van der Waals surface area contributed by atoms with Crippen molar-refractivity contribution < 1.29 is 9.53 Å². The van der Waals surface area contributed by atoms with Gasteiger partial charge < -0.3 is 4.74 Å². The van der Waals surface area contributed by atoms with Gasteiger partial charge in [-0.25, -0.2) is 0 Å². The van der Waals surface area contributed by atoms with Gasteiger partial charge >= 0.3 is 0 Å². The molecule has 4 aliphatic rings. The Bertz CT molecular complexity index is 369. The van der Waals surface area contributed by atoms with Crippen LogP contribution in [0.3, 0.4) is 0 Å². The van der Waals surface area contributed by atoms with Gasteiger partial charge in [-0.15, -0.1) is 0 Å². The third kappa shape index (κ3) is 2.49. The van der Waals surface area contributed by atoms with Gasteiger partial charge in [0.15, 0.2) is 5.78 Å². The second kappa shape index (κ2) is 4.31. The highest BCUT2D eigenvalue weighted by molar-refractivity contribution is 5.80. The highest BCUT2D eigenvalue weighted by atomic mass is 16.5. The molecule has 0 aliphatic heterocycles. The van der Waals surface area contributed by atoms with Gasteiger partial charge in [0.2, 0.25) is 0 Å². The lowest BCUT2D eigenvalue weighted by atomic mass is 9.39. The molecule has 0 aromatic rings. The standard InChI is InChI=1S/C17H28O2/c1-4-19-9-14(18)8-17-7-13-5-15(2,11-17)10-16(3,6-13)12-17/h13H,4-12H2,1-3H3. The zero-order valence-corrected chi connectivity index (χ0v) is 12.8. The third-order valence-electron chi connectivity index (χ3n) is 5.78. The molecule has 0 aromatic carbocycles. The van der Waals surface area contributed by atoms with Gasteiger partial charge in [-0.1, -0.05) is 13.8 Å². The summed E-state index contributed by atoms with van der Waals surface area (Å²) in [6.07, 6.45) is 8.84. The highest BCUT2D eigenvalue weighted by Crippen LogP contribution is 2.70. The molecule has 4 fully saturated rings. The Balaban J connectivity index is 1.75. The molecule has 0 N–H and O–H groups in total. The number of carbonyl (C=O) groups is 1. The molecular weight excluding hydrogens is 236 g/mol. The normalized spacial score (nSPS) is 47.6. The van der Waals surface area contributed by atoms with E-state index in [-0.39, 0.29) is 0 Å². The molecule has 0 heterocycles. The first-order valence-electron chi connectivity index (χ1n) is 7.96. The lowest BCUT2D eigenvalue weighted by Gasteiger charge is -2.65. The maximum Gasteiger partial charge on any atom is 0.159 e. The Labute approximate surface area is 117 Å². The predicted molar refractivity (Wildman–Crippen MR) is 76.0 cm³/mol. The summed E-state index contributed by atoms with van der Waals surface area (Å²) < 4.78 is 5.31. The van der Waals surface area contributed by atoms with Gasteiger partial charge in [0.25, 0.3) is 0 Å². The van der Waals surface area contributed by atoms with Crippen molar-refractivity contribution in [3.05, 3.63) is 0 Å². The summed E-state index contributed by atoms with van der Waals surface area (Å²) in [7, 11) is 0. The van der Waals surface area contributed by atoms with Crippen LogP contribution in [-0.2, 0) is 9.53 Å². The van der Waals surface area contributed by atoms with Crippen LogP contribution in [0.5, 0.6) is 0 Å². The fraction of sp³-hybridized carbons (Fsp3) is 0.941. The molecule has 0 saturated heterocycles. The quantitative estimate of drug-likeness (QED) is 0.751. The Kier molecular flexibility index (Phi) is 3.09. The number of carbonyl (C=O) groups excluding carboxylic acids is 1. The molecule has 4 rings (SSSR count). The number of ketones is 1. The first-order valence-corrected chi connectivity index (χ1v) is 7.96. The number of hydrogen-bond acceptors (Lipinski definition) is 2. The van der Waals surface area contributed by atoms with E-state index in [1.165, 1.54) is 38.5 Å². The largest absolute Gasteiger partial charge is 0.374 e. The van der Waals surface area contributed by atoms with Crippen LogP contribution < -0.4 is 0 Å². The molecule has 0 spiro atoms. The minimum atomic E-state index is 0.317. The smallest absolute Gasteiger partial charge is 0.159 e. The summed E-state index contributed by atoms with van der Waals surface area (Å²) in [5.74, 6) is 1.21. The van der Waals surface area contributed by atoms with Crippen molar-refractivity contribution in [2.45, 2.75) is 65.7 Å². The van der Waals surface area contributed by atoms with Gasteiger partial charge in [-0.3, -0.25) is 4.79 Å². The monoisotopic (exact) mass is 264 g/mol. The Hall–Kier alpha value is -0.370.